The van der Waals surface area contributed by atoms with Crippen molar-refractivity contribution in [3.63, 3.8) is 0 Å². The number of benzene rings is 1. The number of nitrogens with one attached hydrogen (secondary N) is 1. The molecule has 110 valence electrons. The van der Waals surface area contributed by atoms with E-state index >= 15 is 0 Å². The number of pyridine rings is 1. The molecule has 5 nitrogen and oxygen atoms in total. The van der Waals surface area contributed by atoms with Crippen LogP contribution in [0.15, 0.2) is 42.7 Å². The monoisotopic (exact) mass is 286 g/mol. The first kappa shape index (κ1) is 14.8. The van der Waals surface area contributed by atoms with Gasteiger partial charge < -0.3 is 14.8 Å². The van der Waals surface area contributed by atoms with E-state index in [1.165, 1.54) is 0 Å². The van der Waals surface area contributed by atoms with Crippen LogP contribution in [0.25, 0.3) is 0 Å². The molecule has 5 heteroatoms. The van der Waals surface area contributed by atoms with Crippen molar-refractivity contribution in [2.45, 2.75) is 20.0 Å². The highest BCUT2D eigenvalue weighted by atomic mass is 16.5. The number of amides is 1. The van der Waals surface area contributed by atoms with Crippen LogP contribution in [0.5, 0.6) is 11.5 Å². The maximum absolute atomic E-state index is 12.2. The van der Waals surface area contributed by atoms with Gasteiger partial charge in [-0.1, -0.05) is 0 Å². The zero-order valence-corrected chi connectivity index (χ0v) is 12.3. The van der Waals surface area contributed by atoms with E-state index in [1.807, 2.05) is 13.8 Å². The summed E-state index contributed by atoms with van der Waals surface area (Å²) in [5, 5.41) is 2.77. The first-order chi connectivity index (χ1) is 10.1. The predicted octanol–water partition coefficient (Wildman–Crippen LogP) is 3.13. The summed E-state index contributed by atoms with van der Waals surface area (Å²) in [7, 11) is 1.55. The Bertz CT molecular complexity index is 612. The van der Waals surface area contributed by atoms with E-state index in [2.05, 4.69) is 10.3 Å². The number of rotatable bonds is 5. The molecule has 0 radical (unpaired) electrons. The Balaban J connectivity index is 2.18. The van der Waals surface area contributed by atoms with E-state index in [0.717, 1.165) is 0 Å². The minimum atomic E-state index is -0.225. The number of hydrogen-bond donors (Lipinski definition) is 1. The molecule has 1 aromatic carbocycles. The summed E-state index contributed by atoms with van der Waals surface area (Å²) in [4.78, 5) is 16.1. The van der Waals surface area contributed by atoms with Crippen molar-refractivity contribution in [3.8, 4) is 11.5 Å². The minimum absolute atomic E-state index is 0.0361. The molecule has 1 N–H and O–H groups in total. The average molecular weight is 286 g/mol. The second-order valence-corrected chi connectivity index (χ2v) is 4.73. The topological polar surface area (TPSA) is 60.5 Å². The molecule has 0 unspecified atom stereocenters. The summed E-state index contributed by atoms with van der Waals surface area (Å²) in [6.07, 6.45) is 3.27. The van der Waals surface area contributed by atoms with Gasteiger partial charge in [-0.25, -0.2) is 0 Å². The third-order valence-corrected chi connectivity index (χ3v) is 2.71. The summed E-state index contributed by atoms with van der Waals surface area (Å²) < 4.78 is 10.9. The molecule has 2 aromatic rings. The highest BCUT2D eigenvalue weighted by Gasteiger charge is 2.12. The number of carbonyl (C=O) groups excluding carboxylic acids is 1. The van der Waals surface area contributed by atoms with Crippen molar-refractivity contribution in [2.75, 3.05) is 12.4 Å². The molecule has 1 aromatic heterocycles. The molecule has 2 rings (SSSR count). The SMILES string of the molecule is COc1cc(C(=O)Nc2cccnc2)ccc1OC(C)C. The number of aromatic nitrogens is 1. The van der Waals surface area contributed by atoms with Crippen molar-refractivity contribution >= 4 is 11.6 Å². The Morgan fingerprint density at radius 3 is 2.67 bits per heavy atom. The molecule has 0 fully saturated rings. The lowest BCUT2D eigenvalue weighted by Gasteiger charge is -2.14. The van der Waals surface area contributed by atoms with Crippen LogP contribution in [-0.2, 0) is 0 Å². The lowest BCUT2D eigenvalue weighted by molar-refractivity contribution is 0.102. The summed E-state index contributed by atoms with van der Waals surface area (Å²) in [5.74, 6) is 0.922. The Labute approximate surface area is 123 Å². The van der Waals surface area contributed by atoms with Crippen LogP contribution < -0.4 is 14.8 Å². The summed E-state index contributed by atoms with van der Waals surface area (Å²) in [6, 6.07) is 8.63. The Morgan fingerprint density at radius 1 is 1.24 bits per heavy atom. The number of hydrogen-bond acceptors (Lipinski definition) is 4. The maximum Gasteiger partial charge on any atom is 0.255 e. The molecule has 21 heavy (non-hydrogen) atoms. The van der Waals surface area contributed by atoms with Crippen LogP contribution in [-0.4, -0.2) is 24.1 Å². The standard InChI is InChI=1S/C16H18N2O3/c1-11(2)21-14-7-6-12(9-15(14)20-3)16(19)18-13-5-4-8-17-10-13/h4-11H,1-3H3,(H,18,19). The highest BCUT2D eigenvalue weighted by molar-refractivity contribution is 6.04. The normalized spacial score (nSPS) is 10.3. The zero-order valence-electron chi connectivity index (χ0n) is 12.3. The third-order valence-electron chi connectivity index (χ3n) is 2.71. The van der Waals surface area contributed by atoms with E-state index in [-0.39, 0.29) is 12.0 Å². The van der Waals surface area contributed by atoms with E-state index in [1.54, 1.807) is 49.8 Å². The van der Waals surface area contributed by atoms with Crippen LogP contribution in [0.1, 0.15) is 24.2 Å². The molecule has 0 bridgehead atoms. The predicted molar refractivity (Wildman–Crippen MR) is 80.9 cm³/mol. The molecule has 0 atom stereocenters. The van der Waals surface area contributed by atoms with Crippen molar-refractivity contribution in [3.05, 3.63) is 48.3 Å². The van der Waals surface area contributed by atoms with Crippen molar-refractivity contribution in [2.24, 2.45) is 0 Å². The lowest BCUT2D eigenvalue weighted by atomic mass is 10.2. The van der Waals surface area contributed by atoms with Gasteiger partial charge in [0.2, 0.25) is 0 Å². The first-order valence-corrected chi connectivity index (χ1v) is 6.66. The third kappa shape index (κ3) is 3.95. The Kier molecular flexibility index (Phi) is 4.77. The van der Waals surface area contributed by atoms with E-state index in [0.29, 0.717) is 22.7 Å². The molecule has 1 amide bonds. The fourth-order valence-electron chi connectivity index (χ4n) is 1.80. The van der Waals surface area contributed by atoms with Gasteiger partial charge in [-0.2, -0.15) is 0 Å². The van der Waals surface area contributed by atoms with Gasteiger partial charge in [0.1, 0.15) is 0 Å². The van der Waals surface area contributed by atoms with Gasteiger partial charge in [-0.05, 0) is 44.2 Å². The van der Waals surface area contributed by atoms with Gasteiger partial charge in [0.15, 0.2) is 11.5 Å². The van der Waals surface area contributed by atoms with Gasteiger partial charge in [0, 0.05) is 11.8 Å². The number of methoxy groups -OCH3 is 1. The summed E-state index contributed by atoms with van der Waals surface area (Å²) in [6.45, 7) is 3.87. The van der Waals surface area contributed by atoms with Crippen molar-refractivity contribution in [1.82, 2.24) is 4.98 Å². The van der Waals surface area contributed by atoms with Crippen molar-refractivity contribution in [1.29, 1.82) is 0 Å². The fraction of sp³-hybridized carbons (Fsp3) is 0.250. The van der Waals surface area contributed by atoms with E-state index in [4.69, 9.17) is 9.47 Å². The van der Waals surface area contributed by atoms with Gasteiger partial charge in [-0.15, -0.1) is 0 Å². The molecule has 0 aliphatic rings. The number of anilines is 1. The second kappa shape index (κ2) is 6.74. The number of carbonyl (C=O) groups is 1. The van der Waals surface area contributed by atoms with Gasteiger partial charge in [-0.3, -0.25) is 9.78 Å². The number of nitrogens with zero attached hydrogens (tertiary/aromatic N) is 1. The molecular formula is C16H18N2O3. The maximum atomic E-state index is 12.2. The molecule has 0 spiro atoms. The Hall–Kier alpha value is -2.56. The van der Waals surface area contributed by atoms with Crippen molar-refractivity contribution < 1.29 is 14.3 Å². The highest BCUT2D eigenvalue weighted by Crippen LogP contribution is 2.29. The second-order valence-electron chi connectivity index (χ2n) is 4.73. The largest absolute Gasteiger partial charge is 0.493 e. The minimum Gasteiger partial charge on any atom is -0.493 e. The Morgan fingerprint density at radius 2 is 2.05 bits per heavy atom. The molecule has 0 saturated heterocycles. The van der Waals surface area contributed by atoms with Gasteiger partial charge in [0.05, 0.1) is 25.1 Å². The van der Waals surface area contributed by atoms with Crippen LogP contribution >= 0.6 is 0 Å². The fourth-order valence-corrected chi connectivity index (χ4v) is 1.80. The lowest BCUT2D eigenvalue weighted by Crippen LogP contribution is -2.13. The van der Waals surface area contributed by atoms with E-state index < -0.39 is 0 Å². The molecule has 0 aliphatic carbocycles. The molecule has 0 aliphatic heterocycles. The van der Waals surface area contributed by atoms with Crippen LogP contribution in [0, 0.1) is 0 Å². The molecule has 0 saturated carbocycles. The summed E-state index contributed by atoms with van der Waals surface area (Å²) >= 11 is 0. The van der Waals surface area contributed by atoms with Gasteiger partial charge in [0.25, 0.3) is 5.91 Å². The van der Waals surface area contributed by atoms with Crippen LogP contribution in [0.3, 0.4) is 0 Å². The van der Waals surface area contributed by atoms with E-state index in [9.17, 15) is 4.79 Å². The molecular weight excluding hydrogens is 268 g/mol. The quantitative estimate of drug-likeness (QED) is 0.917. The van der Waals surface area contributed by atoms with Crippen LogP contribution in [0.2, 0.25) is 0 Å². The smallest absolute Gasteiger partial charge is 0.255 e. The average Bonchev–Trinajstić information content (AvgIpc) is 2.48. The summed E-state index contributed by atoms with van der Waals surface area (Å²) in [5.41, 5.74) is 1.13. The van der Waals surface area contributed by atoms with Crippen LogP contribution in [0.4, 0.5) is 5.69 Å². The zero-order chi connectivity index (χ0) is 15.2. The molecule has 1 heterocycles. The number of ether oxygens (including phenoxy) is 2. The van der Waals surface area contributed by atoms with Gasteiger partial charge >= 0.3 is 0 Å². The first-order valence-electron chi connectivity index (χ1n) is 6.66.